The molecule has 0 saturated carbocycles. The maximum atomic E-state index is 12.7. The van der Waals surface area contributed by atoms with Crippen LogP contribution in [0.15, 0.2) is 18.2 Å². The SMILES string of the molecule is CCCN(CCC)C(=O)CN1CCN(C(=O)/C=C/c2cc(OC)c(OC)c(OC)c2)CC1. The van der Waals surface area contributed by atoms with Crippen molar-refractivity contribution in [3.05, 3.63) is 23.8 Å². The first-order chi connectivity index (χ1) is 15.5. The van der Waals surface area contributed by atoms with Crippen molar-refractivity contribution in [2.75, 3.05) is 67.1 Å². The van der Waals surface area contributed by atoms with Gasteiger partial charge >= 0.3 is 0 Å². The number of carbonyl (C=O) groups is 2. The Morgan fingerprint density at radius 2 is 1.50 bits per heavy atom. The van der Waals surface area contributed by atoms with Crippen molar-refractivity contribution in [1.29, 1.82) is 0 Å². The average Bonchev–Trinajstić information content (AvgIpc) is 2.81. The summed E-state index contributed by atoms with van der Waals surface area (Å²) in [7, 11) is 4.67. The molecule has 1 aromatic rings. The second kappa shape index (κ2) is 13.0. The molecule has 0 radical (unpaired) electrons. The highest BCUT2D eigenvalue weighted by Gasteiger charge is 2.23. The number of carbonyl (C=O) groups excluding carboxylic acids is 2. The quantitative estimate of drug-likeness (QED) is 0.486. The third kappa shape index (κ3) is 6.88. The molecule has 1 aliphatic heterocycles. The van der Waals surface area contributed by atoms with Crippen molar-refractivity contribution in [3.8, 4) is 17.2 Å². The summed E-state index contributed by atoms with van der Waals surface area (Å²) in [6, 6.07) is 3.60. The van der Waals surface area contributed by atoms with Crippen molar-refractivity contribution in [2.24, 2.45) is 0 Å². The number of hydrogen-bond donors (Lipinski definition) is 0. The predicted molar refractivity (Wildman–Crippen MR) is 125 cm³/mol. The Morgan fingerprint density at radius 1 is 0.938 bits per heavy atom. The smallest absolute Gasteiger partial charge is 0.246 e. The van der Waals surface area contributed by atoms with Crippen LogP contribution in [0.25, 0.3) is 6.08 Å². The number of nitrogens with zero attached hydrogens (tertiary/aromatic N) is 3. The van der Waals surface area contributed by atoms with E-state index >= 15 is 0 Å². The molecule has 0 unspecified atom stereocenters. The third-order valence-corrected chi connectivity index (χ3v) is 5.49. The first kappa shape index (κ1) is 25.5. The molecule has 0 aromatic heterocycles. The van der Waals surface area contributed by atoms with Crippen LogP contribution in [0.1, 0.15) is 32.3 Å². The molecule has 8 nitrogen and oxygen atoms in total. The van der Waals surface area contributed by atoms with Gasteiger partial charge in [-0.1, -0.05) is 13.8 Å². The highest BCUT2D eigenvalue weighted by molar-refractivity contribution is 5.92. The van der Waals surface area contributed by atoms with Gasteiger partial charge in [0.05, 0.1) is 27.9 Å². The van der Waals surface area contributed by atoms with Gasteiger partial charge in [0.15, 0.2) is 11.5 Å². The molecule has 1 fully saturated rings. The zero-order chi connectivity index (χ0) is 23.5. The molecular formula is C24H37N3O5. The summed E-state index contributed by atoms with van der Waals surface area (Å²) in [5, 5.41) is 0. The number of benzene rings is 1. The van der Waals surface area contributed by atoms with Gasteiger partial charge in [0.2, 0.25) is 17.6 Å². The molecule has 1 heterocycles. The molecule has 178 valence electrons. The lowest BCUT2D eigenvalue weighted by Crippen LogP contribution is -2.51. The molecule has 2 rings (SSSR count). The van der Waals surface area contributed by atoms with Crippen LogP contribution in [0, 0.1) is 0 Å². The lowest BCUT2D eigenvalue weighted by molar-refractivity contribution is -0.133. The van der Waals surface area contributed by atoms with Gasteiger partial charge in [0, 0.05) is 45.3 Å². The molecule has 1 saturated heterocycles. The maximum absolute atomic E-state index is 12.7. The fourth-order valence-corrected chi connectivity index (χ4v) is 3.79. The maximum Gasteiger partial charge on any atom is 0.246 e. The number of amides is 2. The van der Waals surface area contributed by atoms with Gasteiger partial charge in [-0.15, -0.1) is 0 Å². The lowest BCUT2D eigenvalue weighted by atomic mass is 10.1. The standard InChI is InChI=1S/C24H37N3O5/c1-6-10-26(11-7-2)23(29)18-25-12-14-27(15-13-25)22(28)9-8-19-16-20(30-3)24(32-5)21(17-19)31-4/h8-9,16-17H,6-7,10-15,18H2,1-5H3/b9-8+. The molecule has 8 heteroatoms. The van der Waals surface area contributed by atoms with E-state index in [9.17, 15) is 9.59 Å². The summed E-state index contributed by atoms with van der Waals surface area (Å²) >= 11 is 0. The third-order valence-electron chi connectivity index (χ3n) is 5.49. The van der Waals surface area contributed by atoms with Crippen molar-refractivity contribution < 1.29 is 23.8 Å². The Labute approximate surface area is 191 Å². The van der Waals surface area contributed by atoms with Gasteiger partial charge in [0.1, 0.15) is 0 Å². The summed E-state index contributed by atoms with van der Waals surface area (Å²) in [6.07, 6.45) is 5.24. The Morgan fingerprint density at radius 3 is 1.97 bits per heavy atom. The first-order valence-corrected chi connectivity index (χ1v) is 11.2. The van der Waals surface area contributed by atoms with E-state index in [1.165, 1.54) is 0 Å². The van der Waals surface area contributed by atoms with Crippen LogP contribution < -0.4 is 14.2 Å². The van der Waals surface area contributed by atoms with Gasteiger partial charge in [0.25, 0.3) is 0 Å². The van der Waals surface area contributed by atoms with Crippen LogP contribution in [-0.4, -0.2) is 93.7 Å². The highest BCUT2D eigenvalue weighted by Crippen LogP contribution is 2.38. The van der Waals surface area contributed by atoms with E-state index in [-0.39, 0.29) is 11.8 Å². The van der Waals surface area contributed by atoms with Gasteiger partial charge in [-0.05, 0) is 36.6 Å². The number of ether oxygens (including phenoxy) is 3. The summed E-state index contributed by atoms with van der Waals surface area (Å²) in [4.78, 5) is 31.1. The minimum atomic E-state index is -0.0525. The highest BCUT2D eigenvalue weighted by atomic mass is 16.5. The Balaban J connectivity index is 1.92. The molecular weight excluding hydrogens is 410 g/mol. The number of piperazine rings is 1. The minimum Gasteiger partial charge on any atom is -0.493 e. The fourth-order valence-electron chi connectivity index (χ4n) is 3.79. The minimum absolute atomic E-state index is 0.0525. The number of methoxy groups -OCH3 is 3. The van der Waals surface area contributed by atoms with Crippen molar-refractivity contribution >= 4 is 17.9 Å². The van der Waals surface area contributed by atoms with E-state index in [1.807, 2.05) is 9.80 Å². The Bertz CT molecular complexity index is 757. The van der Waals surface area contributed by atoms with E-state index in [0.29, 0.717) is 50.0 Å². The fraction of sp³-hybridized carbons (Fsp3) is 0.583. The summed E-state index contributed by atoms with van der Waals surface area (Å²) in [6.45, 7) is 8.80. The summed E-state index contributed by atoms with van der Waals surface area (Å²) < 4.78 is 16.1. The lowest BCUT2D eigenvalue weighted by Gasteiger charge is -2.35. The predicted octanol–water partition coefficient (Wildman–Crippen LogP) is 2.52. The summed E-state index contributed by atoms with van der Waals surface area (Å²) in [5.41, 5.74) is 0.782. The van der Waals surface area contributed by atoms with Crippen LogP contribution in [-0.2, 0) is 9.59 Å². The van der Waals surface area contributed by atoms with Gasteiger partial charge in [-0.2, -0.15) is 0 Å². The average molecular weight is 448 g/mol. The van der Waals surface area contributed by atoms with Crippen LogP contribution in [0.3, 0.4) is 0 Å². The van der Waals surface area contributed by atoms with E-state index in [0.717, 1.165) is 31.5 Å². The molecule has 1 aliphatic rings. The second-order valence-electron chi connectivity index (χ2n) is 7.77. The van der Waals surface area contributed by atoms with Crippen LogP contribution >= 0.6 is 0 Å². The zero-order valence-corrected chi connectivity index (χ0v) is 20.1. The molecule has 32 heavy (non-hydrogen) atoms. The van der Waals surface area contributed by atoms with Crippen molar-refractivity contribution in [1.82, 2.24) is 14.7 Å². The Hall–Kier alpha value is -2.74. The molecule has 0 spiro atoms. The summed E-state index contributed by atoms with van der Waals surface area (Å²) in [5.74, 6) is 1.72. The van der Waals surface area contributed by atoms with Gasteiger partial charge in [-0.3, -0.25) is 14.5 Å². The van der Waals surface area contributed by atoms with Gasteiger partial charge < -0.3 is 24.0 Å². The molecule has 2 amide bonds. The molecule has 0 aliphatic carbocycles. The zero-order valence-electron chi connectivity index (χ0n) is 20.1. The largest absolute Gasteiger partial charge is 0.493 e. The molecule has 0 atom stereocenters. The van der Waals surface area contributed by atoms with Crippen LogP contribution in [0.4, 0.5) is 0 Å². The number of hydrogen-bond acceptors (Lipinski definition) is 6. The van der Waals surface area contributed by atoms with Crippen LogP contribution in [0.2, 0.25) is 0 Å². The normalized spacial score (nSPS) is 14.5. The topological polar surface area (TPSA) is 71.6 Å². The van der Waals surface area contributed by atoms with Gasteiger partial charge in [-0.25, -0.2) is 0 Å². The number of rotatable bonds is 11. The van der Waals surface area contributed by atoms with E-state index in [2.05, 4.69) is 18.7 Å². The van der Waals surface area contributed by atoms with Crippen LogP contribution in [0.5, 0.6) is 17.2 Å². The second-order valence-corrected chi connectivity index (χ2v) is 7.77. The first-order valence-electron chi connectivity index (χ1n) is 11.2. The van der Waals surface area contributed by atoms with E-state index in [1.54, 1.807) is 45.6 Å². The molecule has 0 bridgehead atoms. The Kier molecular flexibility index (Phi) is 10.3. The molecule has 1 aromatic carbocycles. The molecule has 0 N–H and O–H groups in total. The van der Waals surface area contributed by atoms with Crippen molar-refractivity contribution in [2.45, 2.75) is 26.7 Å². The van der Waals surface area contributed by atoms with E-state index < -0.39 is 0 Å². The van der Waals surface area contributed by atoms with E-state index in [4.69, 9.17) is 14.2 Å². The van der Waals surface area contributed by atoms with Crippen molar-refractivity contribution in [3.63, 3.8) is 0 Å². The monoisotopic (exact) mass is 447 g/mol.